The molecule has 4 aliphatic rings. The van der Waals surface area contributed by atoms with E-state index in [1.807, 2.05) is 6.07 Å². The zero-order chi connectivity index (χ0) is 19.3. The Labute approximate surface area is 169 Å². The second kappa shape index (κ2) is 9.05. The highest BCUT2D eigenvalue weighted by Gasteiger charge is 2.29. The first-order valence-electron chi connectivity index (χ1n) is 10.2. The summed E-state index contributed by atoms with van der Waals surface area (Å²) in [5, 5.41) is 3.05. The van der Waals surface area contributed by atoms with Gasteiger partial charge in [0.05, 0.1) is 6.61 Å². The molecule has 1 aromatic carbocycles. The van der Waals surface area contributed by atoms with E-state index in [4.69, 9.17) is 10.5 Å². The van der Waals surface area contributed by atoms with Gasteiger partial charge in [0.15, 0.2) is 11.7 Å². The second-order valence-electron chi connectivity index (χ2n) is 8.00. The van der Waals surface area contributed by atoms with Gasteiger partial charge in [-0.05, 0) is 61.6 Å². The molecule has 28 heavy (non-hydrogen) atoms. The van der Waals surface area contributed by atoms with Crippen LogP contribution in [0.3, 0.4) is 0 Å². The van der Waals surface area contributed by atoms with Crippen LogP contribution in [0.4, 0.5) is 0 Å². The topological polar surface area (TPSA) is 92.3 Å². The number of hydrogen-bond donors (Lipinski definition) is 2. The maximum Gasteiger partial charge on any atom is 0.269 e. The van der Waals surface area contributed by atoms with Crippen molar-refractivity contribution in [2.45, 2.75) is 38.6 Å². The molecular formula is C20H29N5O2S. The van der Waals surface area contributed by atoms with E-state index >= 15 is 0 Å². The molecule has 1 saturated carbocycles. The van der Waals surface area contributed by atoms with Crippen molar-refractivity contribution in [1.29, 1.82) is 0 Å². The zero-order valence-electron chi connectivity index (χ0n) is 16.2. The van der Waals surface area contributed by atoms with Crippen molar-refractivity contribution in [3.8, 4) is 5.75 Å². The molecule has 1 unspecified atom stereocenters. The Hall–Kier alpha value is -1.93. The molecule has 152 valence electrons. The minimum absolute atomic E-state index is 0.203. The fourth-order valence-electron chi connectivity index (χ4n) is 4.39. The van der Waals surface area contributed by atoms with Crippen molar-refractivity contribution < 1.29 is 8.95 Å². The lowest BCUT2D eigenvalue weighted by molar-refractivity contribution is 0.243. The summed E-state index contributed by atoms with van der Waals surface area (Å²) in [5.74, 6) is 3.31. The SMILES string of the molecule is NC1=NS(=O)N=C1NCCCOc1cccc(CN2CC3CCC(CC3)C2)c1. The fraction of sp³-hybridized carbons (Fsp3) is 0.600. The van der Waals surface area contributed by atoms with Crippen molar-refractivity contribution >= 4 is 22.8 Å². The van der Waals surface area contributed by atoms with Crippen molar-refractivity contribution in [1.82, 2.24) is 10.2 Å². The van der Waals surface area contributed by atoms with E-state index in [-0.39, 0.29) is 5.84 Å². The lowest BCUT2D eigenvalue weighted by atomic mass is 9.84. The number of nitrogens with one attached hydrogen (secondary N) is 1. The van der Waals surface area contributed by atoms with Gasteiger partial charge in [-0.2, -0.15) is 0 Å². The van der Waals surface area contributed by atoms with Crippen molar-refractivity contribution in [2.75, 3.05) is 26.2 Å². The molecule has 1 aromatic rings. The van der Waals surface area contributed by atoms with E-state index in [0.29, 0.717) is 19.0 Å². The highest BCUT2D eigenvalue weighted by atomic mass is 32.2. The number of amidine groups is 2. The predicted molar refractivity (Wildman–Crippen MR) is 112 cm³/mol. The summed E-state index contributed by atoms with van der Waals surface area (Å²) in [4.78, 5) is 2.64. The third-order valence-corrected chi connectivity index (χ3v) is 6.47. The molecule has 0 aromatic heterocycles. The molecule has 2 saturated heterocycles. The first-order chi connectivity index (χ1) is 13.7. The number of hydrogen-bond acceptors (Lipinski definition) is 5. The molecule has 1 aliphatic carbocycles. The van der Waals surface area contributed by atoms with Gasteiger partial charge in [-0.25, -0.2) is 4.21 Å². The number of nitrogens with two attached hydrogens (primary N) is 1. The highest BCUT2D eigenvalue weighted by molar-refractivity contribution is 7.83. The molecule has 2 bridgehead atoms. The van der Waals surface area contributed by atoms with Crippen LogP contribution in [0.25, 0.3) is 0 Å². The normalized spacial score (nSPS) is 27.2. The lowest BCUT2D eigenvalue weighted by Gasteiger charge is -2.22. The third kappa shape index (κ3) is 5.11. The number of rotatable bonds is 7. The average Bonchev–Trinajstić information content (AvgIpc) is 2.84. The molecule has 0 radical (unpaired) electrons. The maximum absolute atomic E-state index is 11.2. The molecule has 3 aliphatic heterocycles. The molecule has 3 fully saturated rings. The van der Waals surface area contributed by atoms with E-state index in [0.717, 1.165) is 30.6 Å². The summed E-state index contributed by atoms with van der Waals surface area (Å²) in [6.45, 7) is 4.74. The highest BCUT2D eigenvalue weighted by Crippen LogP contribution is 2.34. The number of ether oxygens (including phenoxy) is 1. The van der Waals surface area contributed by atoms with Crippen LogP contribution in [0.2, 0.25) is 0 Å². The lowest BCUT2D eigenvalue weighted by Crippen LogP contribution is -2.35. The monoisotopic (exact) mass is 403 g/mol. The molecule has 3 heterocycles. The summed E-state index contributed by atoms with van der Waals surface area (Å²) in [7, 11) is 0. The Kier molecular flexibility index (Phi) is 6.26. The largest absolute Gasteiger partial charge is 0.494 e. The molecule has 5 rings (SSSR count). The molecular weight excluding hydrogens is 374 g/mol. The second-order valence-corrected chi connectivity index (χ2v) is 8.83. The first kappa shape index (κ1) is 19.4. The van der Waals surface area contributed by atoms with E-state index in [9.17, 15) is 4.21 Å². The summed E-state index contributed by atoms with van der Waals surface area (Å²) in [5.41, 5.74) is 6.95. The van der Waals surface area contributed by atoms with Crippen LogP contribution >= 0.6 is 0 Å². The molecule has 1 atom stereocenters. The number of fused-ring (bicyclic) bond motifs is 4. The average molecular weight is 404 g/mol. The quantitative estimate of drug-likeness (QED) is 0.680. The molecule has 0 amide bonds. The fourth-order valence-corrected chi connectivity index (χ4v) is 5.00. The van der Waals surface area contributed by atoms with Crippen molar-refractivity contribution in [2.24, 2.45) is 26.4 Å². The Morgan fingerprint density at radius 2 is 1.93 bits per heavy atom. The Balaban J connectivity index is 1.21. The molecule has 7 nitrogen and oxygen atoms in total. The van der Waals surface area contributed by atoms with Crippen molar-refractivity contribution in [3.63, 3.8) is 0 Å². The van der Waals surface area contributed by atoms with Gasteiger partial charge in [0.25, 0.3) is 11.2 Å². The van der Waals surface area contributed by atoms with Crippen LogP contribution in [-0.4, -0.2) is 47.0 Å². The van der Waals surface area contributed by atoms with E-state index < -0.39 is 11.2 Å². The van der Waals surface area contributed by atoms with E-state index in [2.05, 4.69) is 37.2 Å². The number of benzene rings is 1. The molecule has 8 heteroatoms. The Morgan fingerprint density at radius 1 is 1.18 bits per heavy atom. The smallest absolute Gasteiger partial charge is 0.269 e. The van der Waals surface area contributed by atoms with E-state index in [1.54, 1.807) is 0 Å². The van der Waals surface area contributed by atoms with Crippen LogP contribution < -0.4 is 15.8 Å². The van der Waals surface area contributed by atoms with Gasteiger partial charge in [-0.1, -0.05) is 12.1 Å². The standard InChI is InChI=1S/C20H29N5O2S/c21-19-20(24-28(26)23-19)22-9-2-10-27-18-4-1-3-17(11-18)14-25-12-15-5-6-16(13-25)8-7-15/h1,3-4,11,15-16H,2,5-10,12-14H2,(H2,21,23)(H,22,24). The van der Waals surface area contributed by atoms with Gasteiger partial charge in [0.2, 0.25) is 0 Å². The maximum atomic E-state index is 11.2. The molecule has 3 N–H and O–H groups in total. The van der Waals surface area contributed by atoms with Crippen LogP contribution in [-0.2, 0) is 17.7 Å². The van der Waals surface area contributed by atoms with Gasteiger partial charge in [-0.3, -0.25) is 4.90 Å². The van der Waals surface area contributed by atoms with E-state index in [1.165, 1.54) is 44.3 Å². The summed E-state index contributed by atoms with van der Waals surface area (Å²) in [6, 6.07) is 8.45. The van der Waals surface area contributed by atoms with Crippen LogP contribution in [0.15, 0.2) is 33.1 Å². The van der Waals surface area contributed by atoms with Gasteiger partial charge >= 0.3 is 0 Å². The Bertz CT molecular complexity index is 760. The summed E-state index contributed by atoms with van der Waals surface area (Å²) < 4.78 is 24.5. The summed E-state index contributed by atoms with van der Waals surface area (Å²) in [6.07, 6.45) is 6.45. The van der Waals surface area contributed by atoms with Gasteiger partial charge < -0.3 is 15.8 Å². The Morgan fingerprint density at radius 3 is 2.61 bits per heavy atom. The predicted octanol–water partition coefficient (Wildman–Crippen LogP) is 2.02. The first-order valence-corrected chi connectivity index (χ1v) is 11.3. The van der Waals surface area contributed by atoms with Gasteiger partial charge in [-0.15, -0.1) is 8.80 Å². The molecule has 0 spiro atoms. The van der Waals surface area contributed by atoms with Crippen LogP contribution in [0, 0.1) is 11.8 Å². The van der Waals surface area contributed by atoms with Gasteiger partial charge in [0, 0.05) is 26.2 Å². The van der Waals surface area contributed by atoms with Crippen LogP contribution in [0.1, 0.15) is 37.7 Å². The zero-order valence-corrected chi connectivity index (χ0v) is 17.0. The minimum Gasteiger partial charge on any atom is -0.494 e. The van der Waals surface area contributed by atoms with Crippen molar-refractivity contribution in [3.05, 3.63) is 29.8 Å². The van der Waals surface area contributed by atoms with Gasteiger partial charge in [0.1, 0.15) is 5.75 Å². The number of nitrogens with zero attached hydrogens (tertiary/aromatic N) is 3. The minimum atomic E-state index is -1.57. The third-order valence-electron chi connectivity index (χ3n) is 5.77. The summed E-state index contributed by atoms with van der Waals surface area (Å²) >= 11 is -1.57. The van der Waals surface area contributed by atoms with Crippen LogP contribution in [0.5, 0.6) is 5.75 Å².